The number of ketones is 2. The molecule has 11 heteroatoms. The van der Waals surface area contributed by atoms with Crippen LogP contribution in [0.25, 0.3) is 0 Å². The number of aliphatic hydroxyl groups excluding tert-OH is 1. The van der Waals surface area contributed by atoms with Gasteiger partial charge in [-0.2, -0.15) is 0 Å². The summed E-state index contributed by atoms with van der Waals surface area (Å²) in [6, 6.07) is 0. The average Bonchev–Trinajstić information content (AvgIpc) is 3.29. The fourth-order valence-corrected chi connectivity index (χ4v) is 10.0. The van der Waals surface area contributed by atoms with Gasteiger partial charge in [0.1, 0.15) is 13.0 Å². The fourth-order valence-electron chi connectivity index (χ4n) is 8.66. The maximum Gasteiger partial charge on any atom is 0.356 e. The predicted molar refractivity (Wildman–Crippen MR) is 143 cm³/mol. The van der Waals surface area contributed by atoms with E-state index in [2.05, 4.69) is 0 Å². The van der Waals surface area contributed by atoms with E-state index in [9.17, 15) is 19.3 Å². The van der Waals surface area contributed by atoms with Crippen LogP contribution in [-0.4, -0.2) is 72.1 Å². The lowest BCUT2D eigenvalue weighted by atomic mass is 9.45. The number of Topliss-reactive ketones (excluding diaryl/α,β-unsaturated/α-hetero) is 1. The van der Waals surface area contributed by atoms with Crippen LogP contribution in [0.15, 0.2) is 23.8 Å². The van der Waals surface area contributed by atoms with E-state index in [1.807, 2.05) is 13.0 Å². The number of carbonyl (C=O) groups is 2. The monoisotopic (exact) mass is 584 g/mol. The quantitative estimate of drug-likeness (QED) is 0.305. The normalized spacial score (nSPS) is 43.5. The molecular formula is C29H42FO9P. The summed E-state index contributed by atoms with van der Waals surface area (Å²) in [6.07, 6.45) is 3.58. The second kappa shape index (κ2) is 9.90. The maximum atomic E-state index is 18.3. The van der Waals surface area contributed by atoms with Gasteiger partial charge in [-0.15, -0.1) is 0 Å². The van der Waals surface area contributed by atoms with E-state index in [1.165, 1.54) is 6.08 Å². The number of aliphatic hydroxyl groups is 1. The number of halogens is 1. The molecule has 9 nitrogen and oxygen atoms in total. The van der Waals surface area contributed by atoms with E-state index in [0.29, 0.717) is 18.4 Å². The minimum atomic E-state index is -3.70. The molecule has 2 saturated carbocycles. The van der Waals surface area contributed by atoms with Crippen molar-refractivity contribution in [3.05, 3.63) is 23.8 Å². The van der Waals surface area contributed by atoms with Crippen LogP contribution < -0.4 is 0 Å². The van der Waals surface area contributed by atoms with E-state index in [4.69, 9.17) is 23.3 Å². The summed E-state index contributed by atoms with van der Waals surface area (Å²) in [5, 5.41) is 10.1. The number of rotatable bonds is 9. The molecule has 5 aliphatic rings. The lowest BCUT2D eigenvalue weighted by molar-refractivity contribution is -0.248. The molecule has 0 bridgehead atoms. The van der Waals surface area contributed by atoms with Crippen molar-refractivity contribution < 1.29 is 46.9 Å². The van der Waals surface area contributed by atoms with Gasteiger partial charge in [0.2, 0.25) is 0 Å². The van der Waals surface area contributed by atoms with Crippen molar-refractivity contribution in [1.82, 2.24) is 0 Å². The molecule has 0 radical (unpaired) electrons. The summed E-state index contributed by atoms with van der Waals surface area (Å²) in [5.74, 6) is -2.67. The number of alkyl halides is 1. The van der Waals surface area contributed by atoms with Gasteiger partial charge in [0.15, 0.2) is 28.6 Å². The first-order chi connectivity index (χ1) is 18.7. The smallest absolute Gasteiger partial charge is 0.356 e. The van der Waals surface area contributed by atoms with E-state index in [0.717, 1.165) is 0 Å². The third-order valence-electron chi connectivity index (χ3n) is 10.2. The standard InChI is InChI=1S/C29H42FO9P/c1-7-36-40(34,37-8-2)17-35-24-15-27(6)21(14-23-29(27,22(33)16-31)39-25(3,4)38-23)20-10-9-18-13-19(32)11-12-26(18,5)28(20,24)30/h9,11-12,20-21,23-24,31H,7-8,10,13-17H2,1-6H3/t20-,21-,23+,24-,26-,27-,28-,29+/m0/s1. The molecule has 40 heavy (non-hydrogen) atoms. The second-order valence-electron chi connectivity index (χ2n) is 12.6. The average molecular weight is 585 g/mol. The molecule has 0 aromatic heterocycles. The highest BCUT2D eigenvalue weighted by Crippen LogP contribution is 2.72. The molecule has 4 aliphatic carbocycles. The van der Waals surface area contributed by atoms with Crippen LogP contribution in [-0.2, 0) is 37.4 Å². The first-order valence-corrected chi connectivity index (χ1v) is 16.0. The Balaban J connectivity index is 1.64. The molecule has 1 heterocycles. The largest absolute Gasteiger partial charge is 0.388 e. The molecule has 1 saturated heterocycles. The predicted octanol–water partition coefficient (Wildman–Crippen LogP) is 4.67. The molecule has 0 aromatic rings. The zero-order chi connectivity index (χ0) is 29.4. The summed E-state index contributed by atoms with van der Waals surface area (Å²) in [4.78, 5) is 25.9. The first kappa shape index (κ1) is 30.2. The van der Waals surface area contributed by atoms with E-state index < -0.39 is 72.3 Å². The van der Waals surface area contributed by atoms with Crippen LogP contribution in [0, 0.1) is 22.7 Å². The Morgan fingerprint density at radius 2 is 1.85 bits per heavy atom. The van der Waals surface area contributed by atoms with Crippen molar-refractivity contribution in [2.75, 3.05) is 26.2 Å². The van der Waals surface area contributed by atoms with Crippen molar-refractivity contribution in [2.45, 2.75) is 96.5 Å². The van der Waals surface area contributed by atoms with E-state index >= 15 is 4.39 Å². The van der Waals surface area contributed by atoms with Gasteiger partial charge in [0.05, 0.1) is 25.4 Å². The number of carbonyl (C=O) groups excluding carboxylic acids is 2. The van der Waals surface area contributed by atoms with Gasteiger partial charge in [0.25, 0.3) is 0 Å². The van der Waals surface area contributed by atoms with Crippen LogP contribution in [0.5, 0.6) is 0 Å². The zero-order valence-corrected chi connectivity index (χ0v) is 25.1. The van der Waals surface area contributed by atoms with E-state index in [1.54, 1.807) is 40.7 Å². The van der Waals surface area contributed by atoms with Crippen molar-refractivity contribution in [3.8, 4) is 0 Å². The molecule has 1 N–H and O–H groups in total. The molecular weight excluding hydrogens is 542 g/mol. The molecule has 8 atom stereocenters. The summed E-state index contributed by atoms with van der Waals surface area (Å²) in [7, 11) is -3.70. The van der Waals surface area contributed by atoms with Crippen molar-refractivity contribution >= 4 is 19.2 Å². The van der Waals surface area contributed by atoms with Gasteiger partial charge in [-0.3, -0.25) is 14.2 Å². The van der Waals surface area contributed by atoms with Crippen molar-refractivity contribution in [3.63, 3.8) is 0 Å². The number of hydrogen-bond acceptors (Lipinski definition) is 9. The third-order valence-corrected chi connectivity index (χ3v) is 12.0. The highest BCUT2D eigenvalue weighted by molar-refractivity contribution is 7.53. The van der Waals surface area contributed by atoms with Crippen LogP contribution in [0.3, 0.4) is 0 Å². The Labute approximate surface area is 235 Å². The highest BCUT2D eigenvalue weighted by atomic mass is 31.2. The Morgan fingerprint density at radius 1 is 1.18 bits per heavy atom. The minimum Gasteiger partial charge on any atom is -0.388 e. The molecule has 3 fully saturated rings. The second-order valence-corrected chi connectivity index (χ2v) is 14.6. The number of fused-ring (bicyclic) bond motifs is 7. The zero-order valence-electron chi connectivity index (χ0n) is 24.2. The van der Waals surface area contributed by atoms with Gasteiger partial charge < -0.3 is 28.4 Å². The van der Waals surface area contributed by atoms with Crippen LogP contribution >= 0.6 is 7.60 Å². The van der Waals surface area contributed by atoms with Gasteiger partial charge in [-0.1, -0.05) is 24.6 Å². The molecule has 224 valence electrons. The van der Waals surface area contributed by atoms with Crippen LogP contribution in [0.2, 0.25) is 0 Å². The Bertz CT molecular complexity index is 1170. The molecule has 5 rings (SSSR count). The first-order valence-electron chi connectivity index (χ1n) is 14.3. The van der Waals surface area contributed by atoms with Crippen molar-refractivity contribution in [1.29, 1.82) is 0 Å². The Hall–Kier alpha value is -1.26. The van der Waals surface area contributed by atoms with Crippen LogP contribution in [0.1, 0.15) is 67.2 Å². The number of allylic oxidation sites excluding steroid dienone is 4. The van der Waals surface area contributed by atoms with Gasteiger partial charge in [-0.05, 0) is 65.9 Å². The molecule has 0 spiro atoms. The van der Waals surface area contributed by atoms with Gasteiger partial charge >= 0.3 is 7.60 Å². The summed E-state index contributed by atoms with van der Waals surface area (Å²) in [5.41, 5.74) is -4.97. The Morgan fingerprint density at radius 3 is 2.48 bits per heavy atom. The minimum absolute atomic E-state index is 0.0370. The molecule has 1 aliphatic heterocycles. The van der Waals surface area contributed by atoms with Crippen LogP contribution in [0.4, 0.5) is 4.39 Å². The topological polar surface area (TPSA) is 118 Å². The molecule has 0 unspecified atom stereocenters. The Kier molecular flexibility index (Phi) is 7.47. The highest BCUT2D eigenvalue weighted by Gasteiger charge is 2.80. The van der Waals surface area contributed by atoms with Crippen molar-refractivity contribution in [2.24, 2.45) is 22.7 Å². The summed E-state index contributed by atoms with van der Waals surface area (Å²) < 4.78 is 61.6. The lowest BCUT2D eigenvalue weighted by Gasteiger charge is -2.63. The fraction of sp³-hybridized carbons (Fsp3) is 0.793. The van der Waals surface area contributed by atoms with Gasteiger partial charge in [-0.25, -0.2) is 4.39 Å². The molecule has 0 aromatic carbocycles. The lowest BCUT2D eigenvalue weighted by Crippen LogP contribution is -2.70. The molecule has 0 amide bonds. The SMILES string of the molecule is CCOP(=O)(CO[C@H]1C[C@@]2(C)[C@@H](C[C@H]3OC(C)(C)O[C@]32C(=O)CO)[C@@H]2CC=C3CC(=O)C=C[C@]3(C)[C@@]12F)OCC. The number of hydrogen-bond donors (Lipinski definition) is 1. The maximum absolute atomic E-state index is 18.3. The summed E-state index contributed by atoms with van der Waals surface area (Å²) >= 11 is 0. The van der Waals surface area contributed by atoms with E-state index in [-0.39, 0.29) is 37.8 Å². The third kappa shape index (κ3) is 4.04. The van der Waals surface area contributed by atoms with Gasteiger partial charge in [0, 0.05) is 23.2 Å². The summed E-state index contributed by atoms with van der Waals surface area (Å²) in [6.45, 7) is 10.0. The number of ether oxygens (including phenoxy) is 3.